The molecule has 1 heterocycles. The van der Waals surface area contributed by atoms with E-state index in [0.717, 1.165) is 25.7 Å². The summed E-state index contributed by atoms with van der Waals surface area (Å²) in [5.41, 5.74) is 0. The van der Waals surface area contributed by atoms with Gasteiger partial charge in [0.2, 0.25) is 5.91 Å². The van der Waals surface area contributed by atoms with Crippen molar-refractivity contribution in [3.8, 4) is 0 Å². The van der Waals surface area contributed by atoms with Gasteiger partial charge in [-0.2, -0.15) is 0 Å². The molecule has 0 bridgehead atoms. The summed E-state index contributed by atoms with van der Waals surface area (Å²) in [5, 5.41) is 2.04. The van der Waals surface area contributed by atoms with Crippen LogP contribution in [0, 0.1) is 0 Å². The van der Waals surface area contributed by atoms with Crippen molar-refractivity contribution in [1.82, 2.24) is 4.90 Å². The lowest BCUT2D eigenvalue weighted by atomic mass is 10.1. The summed E-state index contributed by atoms with van der Waals surface area (Å²) in [6.45, 7) is 1.84. The standard InChI is InChI=1S/C15H23NO3S2/c1-12(11-21(2,18)19)16(13-8-9-13)15(17)7-3-5-14-6-4-10-20-14/h4,6,10,12-13H,3,5,7-9,11H2,1-2H3. The van der Waals surface area contributed by atoms with Crippen molar-refractivity contribution >= 4 is 27.1 Å². The zero-order valence-corrected chi connectivity index (χ0v) is 14.3. The lowest BCUT2D eigenvalue weighted by Gasteiger charge is -2.29. The molecule has 0 aromatic carbocycles. The first-order valence-electron chi connectivity index (χ1n) is 7.38. The number of carbonyl (C=O) groups excluding carboxylic acids is 1. The second kappa shape index (κ2) is 6.92. The Bertz CT molecular complexity index is 562. The molecule has 0 radical (unpaired) electrons. The third-order valence-electron chi connectivity index (χ3n) is 3.64. The average Bonchev–Trinajstić information content (AvgIpc) is 3.03. The van der Waals surface area contributed by atoms with Gasteiger partial charge in [-0.15, -0.1) is 11.3 Å². The van der Waals surface area contributed by atoms with Gasteiger partial charge in [0.1, 0.15) is 9.84 Å². The van der Waals surface area contributed by atoms with Crippen LogP contribution >= 0.6 is 11.3 Å². The van der Waals surface area contributed by atoms with Crippen LogP contribution in [0.2, 0.25) is 0 Å². The van der Waals surface area contributed by atoms with Gasteiger partial charge in [0, 0.05) is 29.6 Å². The summed E-state index contributed by atoms with van der Waals surface area (Å²) < 4.78 is 22.9. The van der Waals surface area contributed by atoms with Gasteiger partial charge in [-0.25, -0.2) is 8.42 Å². The van der Waals surface area contributed by atoms with Crippen LogP contribution in [-0.4, -0.2) is 43.3 Å². The molecular formula is C15H23NO3S2. The number of hydrogen-bond donors (Lipinski definition) is 0. The SMILES string of the molecule is CC(CS(C)(=O)=O)N(C(=O)CCCc1cccs1)C1CC1. The number of aryl methyl sites for hydroxylation is 1. The second-order valence-corrected chi connectivity index (χ2v) is 9.12. The zero-order valence-electron chi connectivity index (χ0n) is 12.6. The van der Waals surface area contributed by atoms with E-state index in [1.165, 1.54) is 11.1 Å². The molecule has 1 aromatic rings. The fraction of sp³-hybridized carbons (Fsp3) is 0.667. The molecule has 0 spiro atoms. The number of hydrogen-bond acceptors (Lipinski definition) is 4. The van der Waals surface area contributed by atoms with Gasteiger partial charge < -0.3 is 4.90 Å². The molecule has 0 N–H and O–H groups in total. The van der Waals surface area contributed by atoms with Gasteiger partial charge >= 0.3 is 0 Å². The van der Waals surface area contributed by atoms with Crippen molar-refractivity contribution in [1.29, 1.82) is 0 Å². The van der Waals surface area contributed by atoms with Crippen molar-refractivity contribution in [3.63, 3.8) is 0 Å². The van der Waals surface area contributed by atoms with Crippen molar-refractivity contribution in [2.45, 2.75) is 51.1 Å². The third-order valence-corrected chi connectivity index (χ3v) is 5.67. The van der Waals surface area contributed by atoms with Crippen LogP contribution in [0.1, 0.15) is 37.5 Å². The Morgan fingerprint density at radius 1 is 1.48 bits per heavy atom. The van der Waals surface area contributed by atoms with Gasteiger partial charge in [0.25, 0.3) is 0 Å². The van der Waals surface area contributed by atoms with Crippen LogP contribution in [0.15, 0.2) is 17.5 Å². The highest BCUT2D eigenvalue weighted by molar-refractivity contribution is 7.90. The highest BCUT2D eigenvalue weighted by Crippen LogP contribution is 2.30. The van der Waals surface area contributed by atoms with Crippen molar-refractivity contribution in [2.75, 3.05) is 12.0 Å². The maximum atomic E-state index is 12.4. The Balaban J connectivity index is 1.87. The maximum absolute atomic E-state index is 12.4. The quantitative estimate of drug-likeness (QED) is 0.736. The van der Waals surface area contributed by atoms with Gasteiger partial charge in [-0.05, 0) is 44.1 Å². The number of rotatable bonds is 8. The van der Waals surface area contributed by atoms with Gasteiger partial charge in [-0.3, -0.25) is 4.79 Å². The molecule has 1 fully saturated rings. The average molecular weight is 329 g/mol. The van der Waals surface area contributed by atoms with Crippen molar-refractivity contribution < 1.29 is 13.2 Å². The van der Waals surface area contributed by atoms with E-state index in [2.05, 4.69) is 6.07 Å². The molecule has 1 amide bonds. The highest BCUT2D eigenvalue weighted by atomic mass is 32.2. The molecule has 1 saturated carbocycles. The number of amides is 1. The summed E-state index contributed by atoms with van der Waals surface area (Å²) in [4.78, 5) is 15.5. The first kappa shape index (κ1) is 16.5. The monoisotopic (exact) mass is 329 g/mol. The lowest BCUT2D eigenvalue weighted by Crippen LogP contribution is -2.43. The van der Waals surface area contributed by atoms with E-state index in [1.807, 2.05) is 23.3 Å². The predicted octanol–water partition coefficient (Wildman–Crippen LogP) is 2.49. The molecule has 4 nitrogen and oxygen atoms in total. The van der Waals surface area contributed by atoms with Crippen LogP contribution in [0.5, 0.6) is 0 Å². The molecule has 1 aliphatic carbocycles. The lowest BCUT2D eigenvalue weighted by molar-refractivity contribution is -0.133. The third kappa shape index (κ3) is 5.43. The summed E-state index contributed by atoms with van der Waals surface area (Å²) >= 11 is 1.71. The summed E-state index contributed by atoms with van der Waals surface area (Å²) in [6.07, 6.45) is 5.49. The minimum Gasteiger partial charge on any atom is -0.336 e. The zero-order chi connectivity index (χ0) is 15.5. The number of sulfone groups is 1. The number of nitrogens with zero attached hydrogens (tertiary/aromatic N) is 1. The molecule has 1 unspecified atom stereocenters. The molecule has 0 aliphatic heterocycles. The van der Waals surface area contributed by atoms with Crippen LogP contribution in [0.3, 0.4) is 0 Å². The van der Waals surface area contributed by atoms with Gasteiger partial charge in [-0.1, -0.05) is 6.07 Å². The summed E-state index contributed by atoms with van der Waals surface area (Å²) in [5.74, 6) is 0.158. The molecule has 1 aromatic heterocycles. The molecule has 0 saturated heterocycles. The fourth-order valence-electron chi connectivity index (χ4n) is 2.68. The minimum atomic E-state index is -3.06. The molecule has 6 heteroatoms. The Labute approximate surface area is 131 Å². The molecule has 2 rings (SSSR count). The number of thiophene rings is 1. The Hall–Kier alpha value is -0.880. The second-order valence-electron chi connectivity index (χ2n) is 5.91. The molecular weight excluding hydrogens is 306 g/mol. The largest absolute Gasteiger partial charge is 0.336 e. The minimum absolute atomic E-state index is 0.0557. The smallest absolute Gasteiger partial charge is 0.223 e. The van der Waals surface area contributed by atoms with Gasteiger partial charge in [0.15, 0.2) is 0 Å². The molecule has 1 aliphatic rings. The highest BCUT2D eigenvalue weighted by Gasteiger charge is 2.36. The fourth-order valence-corrected chi connectivity index (χ4v) is 4.47. The summed E-state index contributed by atoms with van der Waals surface area (Å²) in [7, 11) is -3.06. The van der Waals surface area contributed by atoms with Crippen molar-refractivity contribution in [2.24, 2.45) is 0 Å². The van der Waals surface area contributed by atoms with E-state index in [9.17, 15) is 13.2 Å². The molecule has 118 valence electrons. The van der Waals surface area contributed by atoms with Gasteiger partial charge in [0.05, 0.1) is 5.75 Å². The first-order valence-corrected chi connectivity index (χ1v) is 10.3. The Morgan fingerprint density at radius 2 is 2.19 bits per heavy atom. The Kier molecular flexibility index (Phi) is 5.43. The first-order chi connectivity index (χ1) is 9.87. The predicted molar refractivity (Wildman–Crippen MR) is 86.3 cm³/mol. The molecule has 1 atom stereocenters. The number of carbonyl (C=O) groups is 1. The summed E-state index contributed by atoms with van der Waals surface area (Å²) in [6, 6.07) is 4.14. The van der Waals surface area contributed by atoms with E-state index in [-0.39, 0.29) is 23.7 Å². The van der Waals surface area contributed by atoms with E-state index in [0.29, 0.717) is 6.42 Å². The van der Waals surface area contributed by atoms with E-state index in [4.69, 9.17) is 0 Å². The van der Waals surface area contributed by atoms with Crippen molar-refractivity contribution in [3.05, 3.63) is 22.4 Å². The van der Waals surface area contributed by atoms with E-state index < -0.39 is 9.84 Å². The Morgan fingerprint density at radius 3 is 2.71 bits per heavy atom. The van der Waals surface area contributed by atoms with Crippen LogP contribution in [0.4, 0.5) is 0 Å². The topological polar surface area (TPSA) is 54.5 Å². The maximum Gasteiger partial charge on any atom is 0.223 e. The normalized spacial score (nSPS) is 16.7. The van der Waals surface area contributed by atoms with E-state index in [1.54, 1.807) is 11.3 Å². The van der Waals surface area contributed by atoms with Crippen LogP contribution in [-0.2, 0) is 21.1 Å². The van der Waals surface area contributed by atoms with E-state index >= 15 is 0 Å². The molecule has 21 heavy (non-hydrogen) atoms. The van der Waals surface area contributed by atoms with Crippen LogP contribution < -0.4 is 0 Å². The van der Waals surface area contributed by atoms with Crippen LogP contribution in [0.25, 0.3) is 0 Å².